The van der Waals surface area contributed by atoms with Gasteiger partial charge in [-0.25, -0.2) is 0 Å². The number of aromatic nitrogens is 1. The van der Waals surface area contributed by atoms with Crippen molar-refractivity contribution in [1.29, 1.82) is 0 Å². The molecule has 22 heavy (non-hydrogen) atoms. The van der Waals surface area contributed by atoms with Crippen LogP contribution in [0.4, 0.5) is 0 Å². The molecule has 0 N–H and O–H groups in total. The Labute approximate surface area is 138 Å². The molecule has 2 aromatic rings. The minimum absolute atomic E-state index is 0.795. The highest BCUT2D eigenvalue weighted by atomic mass is 35.5. The van der Waals surface area contributed by atoms with Gasteiger partial charge in [0.25, 0.3) is 0 Å². The van der Waals surface area contributed by atoms with Gasteiger partial charge >= 0.3 is 0 Å². The zero-order valence-corrected chi connectivity index (χ0v) is 14.1. The summed E-state index contributed by atoms with van der Waals surface area (Å²) in [5.74, 6) is 0. The summed E-state index contributed by atoms with van der Waals surface area (Å²) in [6, 6.07) is 14.2. The molecule has 0 amide bonds. The first-order chi connectivity index (χ1) is 10.6. The molecule has 0 unspecified atom stereocenters. The van der Waals surface area contributed by atoms with Gasteiger partial charge in [-0.2, -0.15) is 0 Å². The zero-order chi connectivity index (χ0) is 15.8. The first-order valence-corrected chi connectivity index (χ1v) is 8.03. The van der Waals surface area contributed by atoms with E-state index in [0.29, 0.717) is 0 Å². The van der Waals surface area contributed by atoms with E-state index in [9.17, 15) is 0 Å². The molecule has 118 valence electrons. The van der Waals surface area contributed by atoms with Crippen LogP contribution in [0.5, 0.6) is 0 Å². The summed E-state index contributed by atoms with van der Waals surface area (Å²) < 4.78 is 0. The highest BCUT2D eigenvalue weighted by molar-refractivity contribution is 6.30. The van der Waals surface area contributed by atoms with E-state index in [0.717, 1.165) is 43.3 Å². The molecule has 0 radical (unpaired) electrons. The van der Waals surface area contributed by atoms with E-state index < -0.39 is 0 Å². The van der Waals surface area contributed by atoms with Gasteiger partial charge < -0.3 is 4.90 Å². The molecule has 0 aliphatic rings. The van der Waals surface area contributed by atoms with Crippen LogP contribution in [-0.2, 0) is 13.1 Å². The van der Waals surface area contributed by atoms with Gasteiger partial charge in [-0.15, -0.1) is 0 Å². The molecule has 1 aromatic heterocycles. The summed E-state index contributed by atoms with van der Waals surface area (Å²) in [6.07, 6.45) is 2.99. The third-order valence-electron chi connectivity index (χ3n) is 3.49. The number of hydrogen-bond donors (Lipinski definition) is 0. The van der Waals surface area contributed by atoms with E-state index in [1.807, 2.05) is 36.5 Å². The molecule has 0 spiro atoms. The van der Waals surface area contributed by atoms with Crippen LogP contribution < -0.4 is 0 Å². The molecule has 0 aliphatic heterocycles. The molecule has 0 aliphatic carbocycles. The van der Waals surface area contributed by atoms with E-state index in [2.05, 4.69) is 41.0 Å². The standard InChI is InChI=1S/C18H24ClN3/c1-21(2)11-6-12-22(15-18-9-3-4-10-20-18)14-16-7-5-8-17(19)13-16/h3-5,7-10,13H,6,11-12,14-15H2,1-2H3. The quantitative estimate of drug-likeness (QED) is 0.740. The predicted molar refractivity (Wildman–Crippen MR) is 93.0 cm³/mol. The minimum Gasteiger partial charge on any atom is -0.309 e. The smallest absolute Gasteiger partial charge is 0.0544 e. The largest absolute Gasteiger partial charge is 0.309 e. The molecule has 0 fully saturated rings. The Kier molecular flexibility index (Phi) is 6.84. The Morgan fingerprint density at radius 3 is 2.55 bits per heavy atom. The third kappa shape index (κ3) is 6.14. The second-order valence-corrected chi connectivity index (χ2v) is 6.25. The van der Waals surface area contributed by atoms with Crippen molar-refractivity contribution in [2.24, 2.45) is 0 Å². The summed E-state index contributed by atoms with van der Waals surface area (Å²) in [5.41, 5.74) is 2.35. The molecule has 0 bridgehead atoms. The van der Waals surface area contributed by atoms with E-state index in [-0.39, 0.29) is 0 Å². The molecule has 0 saturated carbocycles. The molecule has 3 nitrogen and oxygen atoms in total. The Hall–Kier alpha value is -1.42. The Balaban J connectivity index is 2.00. The molecule has 1 aromatic carbocycles. The third-order valence-corrected chi connectivity index (χ3v) is 3.72. The van der Waals surface area contributed by atoms with Crippen LogP contribution in [0.15, 0.2) is 48.7 Å². The van der Waals surface area contributed by atoms with Gasteiger partial charge in [0.05, 0.1) is 5.69 Å². The maximum Gasteiger partial charge on any atom is 0.0544 e. The molecule has 2 rings (SSSR count). The van der Waals surface area contributed by atoms with Crippen molar-refractivity contribution < 1.29 is 0 Å². The van der Waals surface area contributed by atoms with E-state index >= 15 is 0 Å². The van der Waals surface area contributed by atoms with Crippen LogP contribution in [0.3, 0.4) is 0 Å². The Morgan fingerprint density at radius 2 is 1.86 bits per heavy atom. The SMILES string of the molecule is CN(C)CCCN(Cc1cccc(Cl)c1)Cc1ccccn1. The van der Waals surface area contributed by atoms with Gasteiger partial charge in [-0.1, -0.05) is 29.8 Å². The van der Waals surface area contributed by atoms with Crippen LogP contribution in [0.25, 0.3) is 0 Å². The highest BCUT2D eigenvalue weighted by Crippen LogP contribution is 2.14. The van der Waals surface area contributed by atoms with Crippen LogP contribution in [0, 0.1) is 0 Å². The van der Waals surface area contributed by atoms with Crippen LogP contribution in [0.1, 0.15) is 17.7 Å². The summed E-state index contributed by atoms with van der Waals surface area (Å²) in [4.78, 5) is 9.09. The summed E-state index contributed by atoms with van der Waals surface area (Å²) in [5, 5.41) is 0.795. The molecule has 1 heterocycles. The summed E-state index contributed by atoms with van der Waals surface area (Å²) >= 11 is 6.10. The fraction of sp³-hybridized carbons (Fsp3) is 0.389. The second kappa shape index (κ2) is 8.89. The van der Waals surface area contributed by atoms with Crippen molar-refractivity contribution >= 4 is 11.6 Å². The lowest BCUT2D eigenvalue weighted by Crippen LogP contribution is -2.27. The number of pyridine rings is 1. The average molecular weight is 318 g/mol. The number of hydrogen-bond acceptors (Lipinski definition) is 3. The maximum atomic E-state index is 6.10. The monoisotopic (exact) mass is 317 g/mol. The van der Waals surface area contributed by atoms with E-state index in [4.69, 9.17) is 11.6 Å². The number of nitrogens with zero attached hydrogens (tertiary/aromatic N) is 3. The number of rotatable bonds is 8. The first-order valence-electron chi connectivity index (χ1n) is 7.65. The molecule has 0 saturated heterocycles. The first kappa shape index (κ1) is 16.9. The fourth-order valence-electron chi connectivity index (χ4n) is 2.44. The second-order valence-electron chi connectivity index (χ2n) is 5.82. The van der Waals surface area contributed by atoms with Crippen molar-refractivity contribution in [3.63, 3.8) is 0 Å². The molecule has 4 heteroatoms. The van der Waals surface area contributed by atoms with Crippen LogP contribution in [0.2, 0.25) is 5.02 Å². The molecule has 0 atom stereocenters. The van der Waals surface area contributed by atoms with E-state index in [1.54, 1.807) is 0 Å². The number of halogens is 1. The lowest BCUT2D eigenvalue weighted by atomic mass is 10.2. The Morgan fingerprint density at radius 1 is 1.00 bits per heavy atom. The average Bonchev–Trinajstić information content (AvgIpc) is 2.48. The van der Waals surface area contributed by atoms with Gasteiger partial charge in [0.2, 0.25) is 0 Å². The minimum atomic E-state index is 0.795. The molecular formula is C18H24ClN3. The van der Waals surface area contributed by atoms with E-state index in [1.165, 1.54) is 5.56 Å². The van der Waals surface area contributed by atoms with Gasteiger partial charge in [0.15, 0.2) is 0 Å². The summed E-state index contributed by atoms with van der Waals surface area (Å²) in [6.45, 7) is 3.89. The van der Waals surface area contributed by atoms with Crippen LogP contribution >= 0.6 is 11.6 Å². The van der Waals surface area contributed by atoms with Gasteiger partial charge in [0.1, 0.15) is 0 Å². The van der Waals surface area contributed by atoms with Gasteiger partial charge in [-0.05, 0) is 56.9 Å². The lowest BCUT2D eigenvalue weighted by molar-refractivity contribution is 0.237. The topological polar surface area (TPSA) is 19.4 Å². The van der Waals surface area contributed by atoms with Crippen molar-refractivity contribution in [1.82, 2.24) is 14.8 Å². The van der Waals surface area contributed by atoms with Crippen molar-refractivity contribution in [3.05, 3.63) is 64.9 Å². The maximum absolute atomic E-state index is 6.10. The van der Waals surface area contributed by atoms with Gasteiger partial charge in [0, 0.05) is 30.9 Å². The summed E-state index contributed by atoms with van der Waals surface area (Å²) in [7, 11) is 4.22. The number of benzene rings is 1. The normalized spacial score (nSPS) is 11.3. The molecular weight excluding hydrogens is 294 g/mol. The lowest BCUT2D eigenvalue weighted by Gasteiger charge is -2.23. The fourth-order valence-corrected chi connectivity index (χ4v) is 2.65. The van der Waals surface area contributed by atoms with Crippen molar-refractivity contribution in [2.45, 2.75) is 19.5 Å². The predicted octanol–water partition coefficient (Wildman–Crippen LogP) is 3.69. The highest BCUT2D eigenvalue weighted by Gasteiger charge is 2.08. The van der Waals surface area contributed by atoms with Crippen molar-refractivity contribution in [2.75, 3.05) is 27.2 Å². The zero-order valence-electron chi connectivity index (χ0n) is 13.4. The van der Waals surface area contributed by atoms with Crippen molar-refractivity contribution in [3.8, 4) is 0 Å². The Bertz CT molecular complexity index is 557. The van der Waals surface area contributed by atoms with Crippen LogP contribution in [-0.4, -0.2) is 42.0 Å². The van der Waals surface area contributed by atoms with Gasteiger partial charge in [-0.3, -0.25) is 9.88 Å².